The molecule has 4 aromatic rings. The maximum Gasteiger partial charge on any atom is 0.239 e. The van der Waals surface area contributed by atoms with Gasteiger partial charge in [-0.2, -0.15) is 0 Å². The minimum absolute atomic E-state index is 0.0482. The number of rotatable bonds is 9. The van der Waals surface area contributed by atoms with Gasteiger partial charge in [0.15, 0.2) is 0 Å². The standard InChI is InChI=1S/C31H31Cl2N3O3S/c1-20-4-11-24(12-5-20)40-31(30(38)34-14-15-39-3)17-28(37)36(18-21-6-8-22(32)9-7-21)29(31)26-19-35(2)27-16-23(33)10-13-25(26)27/h4-13,16,19,29H,14-15,17-18H2,1-3H3,(H,34,38). The van der Waals surface area contributed by atoms with E-state index >= 15 is 0 Å². The molecule has 2 unspecified atom stereocenters. The van der Waals surface area contributed by atoms with E-state index in [4.69, 9.17) is 27.9 Å². The van der Waals surface area contributed by atoms with Crippen LogP contribution in [0.3, 0.4) is 0 Å². The molecule has 0 spiro atoms. The largest absolute Gasteiger partial charge is 0.383 e. The van der Waals surface area contributed by atoms with Gasteiger partial charge in [0.05, 0.1) is 19.1 Å². The second-order valence-corrected chi connectivity index (χ2v) is 12.4. The molecule has 6 nitrogen and oxygen atoms in total. The third-order valence-corrected chi connectivity index (χ3v) is 9.24. The summed E-state index contributed by atoms with van der Waals surface area (Å²) in [6.45, 7) is 3.08. The van der Waals surface area contributed by atoms with Crippen molar-refractivity contribution >= 4 is 57.7 Å². The lowest BCUT2D eigenvalue weighted by atomic mass is 9.91. The number of halogens is 2. The van der Waals surface area contributed by atoms with Crippen LogP contribution in [-0.2, 0) is 27.9 Å². The summed E-state index contributed by atoms with van der Waals surface area (Å²) in [5.74, 6) is -0.287. The lowest BCUT2D eigenvalue weighted by molar-refractivity contribution is -0.129. The number of nitrogens with zero attached hydrogens (tertiary/aromatic N) is 2. The second kappa shape index (κ2) is 11.9. The minimum atomic E-state index is -1.14. The number of amides is 2. The number of thioether (sulfide) groups is 1. The molecular formula is C31H31Cl2N3O3S. The zero-order valence-corrected chi connectivity index (χ0v) is 24.9. The van der Waals surface area contributed by atoms with Crippen LogP contribution in [0.4, 0.5) is 0 Å². The maximum absolute atomic E-state index is 14.3. The molecule has 0 saturated carbocycles. The number of carbonyl (C=O) groups excluding carboxylic acids is 2. The average molecular weight is 597 g/mol. The van der Waals surface area contributed by atoms with Crippen molar-refractivity contribution in [1.29, 1.82) is 0 Å². The number of carbonyl (C=O) groups is 2. The minimum Gasteiger partial charge on any atom is -0.383 e. The van der Waals surface area contributed by atoms with Crippen LogP contribution in [0.5, 0.6) is 0 Å². The van der Waals surface area contributed by atoms with Crippen molar-refractivity contribution in [3.05, 3.63) is 99.7 Å². The molecule has 1 aromatic heterocycles. The Hall–Kier alpha value is -2.97. The number of fused-ring (bicyclic) bond motifs is 1. The first kappa shape index (κ1) is 28.6. The molecule has 1 saturated heterocycles. The summed E-state index contributed by atoms with van der Waals surface area (Å²) < 4.78 is 6.07. The van der Waals surface area contributed by atoms with Gasteiger partial charge < -0.3 is 19.5 Å². The Labute approximate surface area is 248 Å². The Balaban J connectivity index is 1.69. The smallest absolute Gasteiger partial charge is 0.239 e. The number of likely N-dealkylation sites (tertiary alicyclic amines) is 1. The Morgan fingerprint density at radius 2 is 1.77 bits per heavy atom. The van der Waals surface area contributed by atoms with E-state index in [9.17, 15) is 9.59 Å². The highest BCUT2D eigenvalue weighted by atomic mass is 35.5. The fourth-order valence-electron chi connectivity index (χ4n) is 5.39. The summed E-state index contributed by atoms with van der Waals surface area (Å²) in [5.41, 5.74) is 3.89. The molecular weight excluding hydrogens is 565 g/mol. The summed E-state index contributed by atoms with van der Waals surface area (Å²) in [4.78, 5) is 31.0. The van der Waals surface area contributed by atoms with E-state index in [0.29, 0.717) is 29.7 Å². The molecule has 2 heterocycles. The first-order valence-corrected chi connectivity index (χ1v) is 14.6. The van der Waals surface area contributed by atoms with Crippen molar-refractivity contribution < 1.29 is 14.3 Å². The Morgan fingerprint density at radius 3 is 2.48 bits per heavy atom. The van der Waals surface area contributed by atoms with Crippen molar-refractivity contribution in [1.82, 2.24) is 14.8 Å². The SMILES string of the molecule is COCCNC(=O)C1(Sc2ccc(C)cc2)CC(=O)N(Cc2ccc(Cl)cc2)C1c1cn(C)c2cc(Cl)ccc12. The van der Waals surface area contributed by atoms with Crippen LogP contribution < -0.4 is 5.32 Å². The van der Waals surface area contributed by atoms with Crippen LogP contribution in [0.2, 0.25) is 10.0 Å². The van der Waals surface area contributed by atoms with Gasteiger partial charge in [0.25, 0.3) is 0 Å². The maximum atomic E-state index is 14.3. The summed E-state index contributed by atoms with van der Waals surface area (Å²) in [6, 6.07) is 20.7. The first-order valence-electron chi connectivity index (χ1n) is 13.0. The third kappa shape index (κ3) is 5.61. The van der Waals surface area contributed by atoms with Gasteiger partial charge in [-0.3, -0.25) is 9.59 Å². The van der Waals surface area contributed by atoms with Gasteiger partial charge in [-0.05, 0) is 48.9 Å². The van der Waals surface area contributed by atoms with Gasteiger partial charge in [-0.15, -0.1) is 11.8 Å². The molecule has 1 aliphatic heterocycles. The van der Waals surface area contributed by atoms with E-state index in [1.807, 2.05) is 96.4 Å². The highest BCUT2D eigenvalue weighted by Crippen LogP contribution is 2.54. The fourth-order valence-corrected chi connectivity index (χ4v) is 7.10. The summed E-state index contributed by atoms with van der Waals surface area (Å²) in [6.07, 6.45) is 2.07. The molecule has 1 fully saturated rings. The van der Waals surface area contributed by atoms with E-state index in [1.165, 1.54) is 11.8 Å². The van der Waals surface area contributed by atoms with Crippen molar-refractivity contribution in [3.8, 4) is 0 Å². The molecule has 1 N–H and O–H groups in total. The lowest BCUT2D eigenvalue weighted by Crippen LogP contribution is -2.49. The second-order valence-electron chi connectivity index (χ2n) is 10.1. The van der Waals surface area contributed by atoms with Crippen LogP contribution in [0.1, 0.15) is 29.2 Å². The Bertz CT molecular complexity index is 1540. The predicted octanol–water partition coefficient (Wildman–Crippen LogP) is 6.56. The zero-order chi connectivity index (χ0) is 28.4. The van der Waals surface area contributed by atoms with E-state index in [1.54, 1.807) is 7.11 Å². The molecule has 1 aliphatic rings. The Kier molecular flexibility index (Phi) is 8.47. The van der Waals surface area contributed by atoms with Crippen LogP contribution >= 0.6 is 35.0 Å². The van der Waals surface area contributed by atoms with E-state index in [-0.39, 0.29) is 18.2 Å². The number of nitrogens with one attached hydrogen (secondary N) is 1. The van der Waals surface area contributed by atoms with E-state index < -0.39 is 10.8 Å². The highest BCUT2D eigenvalue weighted by Gasteiger charge is 2.58. The van der Waals surface area contributed by atoms with Gasteiger partial charge in [-0.25, -0.2) is 0 Å². The number of benzene rings is 3. The fraction of sp³-hybridized carbons (Fsp3) is 0.290. The number of methoxy groups -OCH3 is 1. The first-order chi connectivity index (χ1) is 19.2. The van der Waals surface area contributed by atoms with Gasteiger partial charge in [0.2, 0.25) is 11.8 Å². The van der Waals surface area contributed by atoms with Gasteiger partial charge >= 0.3 is 0 Å². The summed E-state index contributed by atoms with van der Waals surface area (Å²) in [7, 11) is 3.55. The van der Waals surface area contributed by atoms with Gasteiger partial charge in [0, 0.05) is 64.9 Å². The predicted molar refractivity (Wildman–Crippen MR) is 162 cm³/mol. The van der Waals surface area contributed by atoms with Gasteiger partial charge in [0.1, 0.15) is 4.75 Å². The highest BCUT2D eigenvalue weighted by molar-refractivity contribution is 8.01. The molecule has 2 amide bonds. The zero-order valence-electron chi connectivity index (χ0n) is 22.6. The van der Waals surface area contributed by atoms with Crippen molar-refractivity contribution in [2.45, 2.75) is 35.6 Å². The molecule has 0 aliphatic carbocycles. The van der Waals surface area contributed by atoms with Gasteiger partial charge in [-0.1, -0.05) is 59.1 Å². The average Bonchev–Trinajstić information content (AvgIpc) is 3.39. The summed E-state index contributed by atoms with van der Waals surface area (Å²) in [5, 5.41) is 5.26. The van der Waals surface area contributed by atoms with E-state index in [2.05, 4.69) is 5.32 Å². The number of hydrogen-bond acceptors (Lipinski definition) is 4. The molecule has 5 rings (SSSR count). The number of hydrogen-bond donors (Lipinski definition) is 1. The van der Waals surface area contributed by atoms with Crippen molar-refractivity contribution in [2.75, 3.05) is 20.3 Å². The molecule has 2 atom stereocenters. The Morgan fingerprint density at radius 1 is 1.07 bits per heavy atom. The number of ether oxygens (including phenoxy) is 1. The molecule has 0 bridgehead atoms. The normalized spacial score (nSPS) is 19.0. The molecule has 9 heteroatoms. The van der Waals surface area contributed by atoms with Crippen LogP contribution in [-0.4, -0.2) is 46.3 Å². The van der Waals surface area contributed by atoms with Crippen LogP contribution in [0.15, 0.2) is 77.8 Å². The molecule has 40 heavy (non-hydrogen) atoms. The van der Waals surface area contributed by atoms with E-state index in [0.717, 1.165) is 32.5 Å². The number of aromatic nitrogens is 1. The molecule has 208 valence electrons. The molecule has 3 aromatic carbocycles. The monoisotopic (exact) mass is 595 g/mol. The quantitative estimate of drug-likeness (QED) is 0.222. The summed E-state index contributed by atoms with van der Waals surface area (Å²) >= 11 is 14.0. The number of aryl methyl sites for hydroxylation is 2. The van der Waals surface area contributed by atoms with Crippen molar-refractivity contribution in [2.24, 2.45) is 7.05 Å². The lowest BCUT2D eigenvalue weighted by Gasteiger charge is -2.36. The van der Waals surface area contributed by atoms with Crippen molar-refractivity contribution in [3.63, 3.8) is 0 Å². The van der Waals surface area contributed by atoms with Crippen LogP contribution in [0.25, 0.3) is 10.9 Å². The third-order valence-electron chi connectivity index (χ3n) is 7.33. The molecule has 0 radical (unpaired) electrons. The van der Waals surface area contributed by atoms with Crippen LogP contribution in [0, 0.1) is 6.92 Å². The topological polar surface area (TPSA) is 63.6 Å².